The second kappa shape index (κ2) is 9.47. The molecule has 1 atom stereocenters. The van der Waals surface area contributed by atoms with Gasteiger partial charge in [0.15, 0.2) is 0 Å². The van der Waals surface area contributed by atoms with Crippen molar-refractivity contribution in [2.24, 2.45) is 5.92 Å². The van der Waals surface area contributed by atoms with Crippen LogP contribution in [-0.4, -0.2) is 66.6 Å². The van der Waals surface area contributed by atoms with E-state index in [0.717, 1.165) is 22.2 Å². The normalized spacial score (nSPS) is 21.4. The maximum atomic E-state index is 13.1. The van der Waals surface area contributed by atoms with E-state index in [2.05, 4.69) is 21.2 Å². The first-order valence-electron chi connectivity index (χ1n) is 9.86. The molecule has 0 spiro atoms. The van der Waals surface area contributed by atoms with Gasteiger partial charge in [-0.25, -0.2) is 0 Å². The molecule has 1 aromatic carbocycles. The fraction of sp³-hybridized carbons (Fsp3) is 0.600. The van der Waals surface area contributed by atoms with Crippen molar-refractivity contribution in [2.75, 3.05) is 32.7 Å². The number of hydrogen-bond donors (Lipinski definition) is 1. The molecular formula is C20H25BrF3N3O2. The molecular weight excluding hydrogens is 451 g/mol. The van der Waals surface area contributed by atoms with Gasteiger partial charge >= 0.3 is 6.18 Å². The molecule has 1 N–H and O–H groups in total. The highest BCUT2D eigenvalue weighted by Crippen LogP contribution is 2.32. The Kier molecular flexibility index (Phi) is 7.21. The van der Waals surface area contributed by atoms with Crippen molar-refractivity contribution < 1.29 is 22.8 Å². The molecule has 5 nitrogen and oxygen atoms in total. The van der Waals surface area contributed by atoms with Gasteiger partial charge in [-0.15, -0.1) is 0 Å². The van der Waals surface area contributed by atoms with Gasteiger partial charge in [0.25, 0.3) is 5.91 Å². The molecule has 0 saturated carbocycles. The fourth-order valence-corrected chi connectivity index (χ4v) is 4.40. The zero-order chi connectivity index (χ0) is 21.0. The first kappa shape index (κ1) is 22.1. The number of piperidine rings is 1. The number of halogens is 4. The summed E-state index contributed by atoms with van der Waals surface area (Å²) in [7, 11) is 0. The molecule has 2 heterocycles. The van der Waals surface area contributed by atoms with E-state index < -0.39 is 18.1 Å². The lowest BCUT2D eigenvalue weighted by Gasteiger charge is -2.34. The number of likely N-dealkylation sites (tertiary alicyclic amines) is 2. The van der Waals surface area contributed by atoms with E-state index in [1.165, 1.54) is 0 Å². The smallest absolute Gasteiger partial charge is 0.352 e. The van der Waals surface area contributed by atoms with Gasteiger partial charge in [0.1, 0.15) is 6.04 Å². The van der Waals surface area contributed by atoms with Crippen LogP contribution in [-0.2, 0) is 4.79 Å². The highest BCUT2D eigenvalue weighted by Gasteiger charge is 2.47. The van der Waals surface area contributed by atoms with Crippen molar-refractivity contribution >= 4 is 27.7 Å². The van der Waals surface area contributed by atoms with Crippen molar-refractivity contribution in [3.63, 3.8) is 0 Å². The average Bonchev–Trinajstić information content (AvgIpc) is 3.18. The molecule has 2 aliphatic rings. The molecule has 29 heavy (non-hydrogen) atoms. The van der Waals surface area contributed by atoms with E-state index >= 15 is 0 Å². The third kappa shape index (κ3) is 5.94. The van der Waals surface area contributed by atoms with Crippen LogP contribution in [0.4, 0.5) is 13.2 Å². The summed E-state index contributed by atoms with van der Waals surface area (Å²) < 4.78 is 40.0. The maximum absolute atomic E-state index is 13.1. The lowest BCUT2D eigenvalue weighted by atomic mass is 9.96. The number of rotatable bonds is 5. The standard InChI is InChI=1S/C20H25BrF3N3O2/c21-16-4-1-3-15(11-16)19(29)25-12-14-6-9-26(10-7-14)13-18(28)27-8-2-5-17(27)20(22,23)24/h1,3-4,11,14,17H,2,5-10,12-13H2,(H,25,29)/t17-/m0/s1. The SMILES string of the molecule is O=C(NCC1CCN(CC(=O)N2CCC[C@H]2C(F)(F)F)CC1)c1cccc(Br)c1. The molecule has 9 heteroatoms. The molecule has 0 aromatic heterocycles. The number of benzene rings is 1. The molecule has 0 bridgehead atoms. The van der Waals surface area contributed by atoms with E-state index in [1.807, 2.05) is 11.0 Å². The molecule has 0 aliphatic carbocycles. The van der Waals surface area contributed by atoms with E-state index in [4.69, 9.17) is 0 Å². The Labute approximate surface area is 176 Å². The first-order valence-corrected chi connectivity index (χ1v) is 10.7. The summed E-state index contributed by atoms with van der Waals surface area (Å²) >= 11 is 3.34. The van der Waals surface area contributed by atoms with Crippen LogP contribution in [0.3, 0.4) is 0 Å². The summed E-state index contributed by atoms with van der Waals surface area (Å²) in [5.74, 6) is -0.269. The highest BCUT2D eigenvalue weighted by molar-refractivity contribution is 9.10. The van der Waals surface area contributed by atoms with Crippen LogP contribution >= 0.6 is 15.9 Å². The minimum Gasteiger partial charge on any atom is -0.352 e. The average molecular weight is 476 g/mol. The zero-order valence-electron chi connectivity index (χ0n) is 16.1. The van der Waals surface area contributed by atoms with Crippen LogP contribution in [0.1, 0.15) is 36.0 Å². The second-order valence-corrected chi connectivity index (χ2v) is 8.64. The predicted octanol–water partition coefficient (Wildman–Crippen LogP) is 3.44. The Morgan fingerprint density at radius 3 is 2.52 bits per heavy atom. The minimum absolute atomic E-state index is 0.00496. The minimum atomic E-state index is -4.36. The van der Waals surface area contributed by atoms with Crippen LogP contribution in [0.15, 0.2) is 28.7 Å². The van der Waals surface area contributed by atoms with Gasteiger partial charge in [-0.2, -0.15) is 13.2 Å². The summed E-state index contributed by atoms with van der Waals surface area (Å²) in [6.45, 7) is 2.06. The number of nitrogens with one attached hydrogen (secondary N) is 1. The molecule has 2 fully saturated rings. The van der Waals surface area contributed by atoms with Crippen molar-refractivity contribution in [2.45, 2.75) is 37.9 Å². The topological polar surface area (TPSA) is 52.7 Å². The third-order valence-corrected chi connectivity index (χ3v) is 6.15. The van der Waals surface area contributed by atoms with Crippen molar-refractivity contribution in [3.8, 4) is 0 Å². The molecule has 2 saturated heterocycles. The fourth-order valence-electron chi connectivity index (χ4n) is 4.01. The lowest BCUT2D eigenvalue weighted by molar-refractivity contribution is -0.183. The Hall–Kier alpha value is -1.61. The van der Waals surface area contributed by atoms with Crippen LogP contribution in [0.5, 0.6) is 0 Å². The molecule has 3 rings (SSSR count). The monoisotopic (exact) mass is 475 g/mol. The van der Waals surface area contributed by atoms with E-state index in [1.54, 1.807) is 18.2 Å². The molecule has 160 valence electrons. The van der Waals surface area contributed by atoms with Crippen molar-refractivity contribution in [1.82, 2.24) is 15.1 Å². The van der Waals surface area contributed by atoms with Gasteiger partial charge in [-0.05, 0) is 62.9 Å². The van der Waals surface area contributed by atoms with E-state index in [-0.39, 0.29) is 25.4 Å². The summed E-state index contributed by atoms with van der Waals surface area (Å²) in [4.78, 5) is 27.5. The van der Waals surface area contributed by atoms with Crippen LogP contribution in [0, 0.1) is 5.92 Å². The van der Waals surface area contributed by atoms with E-state index in [0.29, 0.717) is 37.5 Å². The third-order valence-electron chi connectivity index (χ3n) is 5.66. The Morgan fingerprint density at radius 1 is 1.14 bits per heavy atom. The summed E-state index contributed by atoms with van der Waals surface area (Å²) in [6.07, 6.45) is -2.36. The van der Waals surface area contributed by atoms with E-state index in [9.17, 15) is 22.8 Å². The first-order chi connectivity index (χ1) is 13.7. The quantitative estimate of drug-likeness (QED) is 0.709. The highest BCUT2D eigenvalue weighted by atomic mass is 79.9. The van der Waals surface area contributed by atoms with Crippen molar-refractivity contribution in [1.29, 1.82) is 0 Å². The summed E-state index contributed by atoms with van der Waals surface area (Å²) in [5, 5.41) is 2.94. The van der Waals surface area contributed by atoms with Crippen molar-refractivity contribution in [3.05, 3.63) is 34.3 Å². The number of amides is 2. The molecule has 2 amide bonds. The number of nitrogens with zero attached hydrogens (tertiary/aromatic N) is 2. The predicted molar refractivity (Wildman–Crippen MR) is 106 cm³/mol. The van der Waals surface area contributed by atoms with Gasteiger partial charge in [0, 0.05) is 23.1 Å². The molecule has 2 aliphatic heterocycles. The lowest BCUT2D eigenvalue weighted by Crippen LogP contribution is -2.49. The van der Waals surface area contributed by atoms with Gasteiger partial charge in [0.05, 0.1) is 6.54 Å². The van der Waals surface area contributed by atoms with Gasteiger partial charge < -0.3 is 10.2 Å². The number of carbonyl (C=O) groups excluding carboxylic acids is 2. The molecule has 0 radical (unpaired) electrons. The van der Waals surface area contributed by atoms with Gasteiger partial charge in [0.2, 0.25) is 5.91 Å². The second-order valence-electron chi connectivity index (χ2n) is 7.73. The molecule has 1 aromatic rings. The summed E-state index contributed by atoms with van der Waals surface area (Å²) in [5.41, 5.74) is 0.590. The van der Waals surface area contributed by atoms with Crippen LogP contribution < -0.4 is 5.32 Å². The Morgan fingerprint density at radius 2 is 1.86 bits per heavy atom. The molecule has 0 unspecified atom stereocenters. The van der Waals surface area contributed by atoms with Gasteiger partial charge in [-0.1, -0.05) is 22.0 Å². The largest absolute Gasteiger partial charge is 0.408 e. The number of alkyl halides is 3. The van der Waals surface area contributed by atoms with Crippen LogP contribution in [0.2, 0.25) is 0 Å². The number of hydrogen-bond acceptors (Lipinski definition) is 3. The number of carbonyl (C=O) groups is 2. The Balaban J connectivity index is 1.41. The zero-order valence-corrected chi connectivity index (χ0v) is 17.6. The summed E-state index contributed by atoms with van der Waals surface area (Å²) in [6, 6.07) is 5.53. The van der Waals surface area contributed by atoms with Crippen LogP contribution in [0.25, 0.3) is 0 Å². The Bertz CT molecular complexity index is 736. The van der Waals surface area contributed by atoms with Gasteiger partial charge in [-0.3, -0.25) is 14.5 Å². The maximum Gasteiger partial charge on any atom is 0.408 e.